The van der Waals surface area contributed by atoms with Gasteiger partial charge in [-0.25, -0.2) is 0 Å². The summed E-state index contributed by atoms with van der Waals surface area (Å²) in [6, 6.07) is 0. The van der Waals surface area contributed by atoms with E-state index in [2.05, 4.69) is 20.4 Å². The van der Waals surface area contributed by atoms with Crippen molar-refractivity contribution in [2.75, 3.05) is 13.2 Å². The van der Waals surface area contributed by atoms with Gasteiger partial charge in [0.1, 0.15) is 0 Å². The van der Waals surface area contributed by atoms with Crippen LogP contribution in [0.3, 0.4) is 0 Å². The fraction of sp³-hybridized carbons (Fsp3) is 0.929. The Balaban J connectivity index is 3.94. The number of carboxylic acids is 1. The topological polar surface area (TPSA) is 72.8 Å². The lowest BCUT2D eigenvalue weighted by Gasteiger charge is -2.20. The largest absolute Gasteiger partial charge is 0.481 e. The minimum Gasteiger partial charge on any atom is -0.481 e. The van der Waals surface area contributed by atoms with Gasteiger partial charge in [-0.05, 0) is 25.7 Å². The van der Waals surface area contributed by atoms with Gasteiger partial charge in [0, 0.05) is 11.7 Å². The third-order valence-electron chi connectivity index (χ3n) is 9.76. The van der Waals surface area contributed by atoms with Gasteiger partial charge in [0.25, 0.3) is 0 Å². The predicted octanol–water partition coefficient (Wildman–Crippen LogP) is 15.5. The molecule has 0 aliphatic heterocycles. The molecule has 286 valence electrons. The molecule has 0 atom stereocenters. The lowest BCUT2D eigenvalue weighted by molar-refractivity contribution is -0.137. The number of unbranched alkanes of at least 4 members (excludes halogenated alkanes) is 30. The first-order valence-electron chi connectivity index (χ1n) is 21.3. The van der Waals surface area contributed by atoms with Gasteiger partial charge >= 0.3 is 13.6 Å². The van der Waals surface area contributed by atoms with Gasteiger partial charge in [0.2, 0.25) is 0 Å². The minimum atomic E-state index is -3.44. The molecule has 1 N–H and O–H groups in total. The second kappa shape index (κ2) is 37.6. The van der Waals surface area contributed by atoms with E-state index < -0.39 is 13.6 Å². The van der Waals surface area contributed by atoms with Crippen molar-refractivity contribution in [3.8, 4) is 0 Å². The summed E-state index contributed by atoms with van der Waals surface area (Å²) in [6.07, 6.45) is 42.8. The summed E-state index contributed by atoms with van der Waals surface area (Å²) in [5.41, 5.74) is 0. The standard InChI is InChI=1S/C42H83O5P/c1-4-6-8-10-12-14-16-18-20-22-24-26-28-30-32-34-39-46-48(45,41(3)37-36-38-42(43)44)47-40-35-33-31-29-27-25-23-21-19-17-15-13-11-9-7-5-2/h3-40H2,1-2H3,(H,43,44). The zero-order valence-corrected chi connectivity index (χ0v) is 33.3. The van der Waals surface area contributed by atoms with Crippen molar-refractivity contribution in [2.24, 2.45) is 0 Å². The molecule has 0 heterocycles. The van der Waals surface area contributed by atoms with E-state index in [9.17, 15) is 9.36 Å². The summed E-state index contributed by atoms with van der Waals surface area (Å²) in [6.45, 7) is 9.38. The summed E-state index contributed by atoms with van der Waals surface area (Å²) >= 11 is 0. The molecule has 0 aromatic rings. The van der Waals surface area contributed by atoms with Crippen LogP contribution in [0.2, 0.25) is 0 Å². The highest BCUT2D eigenvalue weighted by Gasteiger charge is 2.28. The number of hydrogen-bond acceptors (Lipinski definition) is 4. The molecule has 0 saturated heterocycles. The predicted molar refractivity (Wildman–Crippen MR) is 209 cm³/mol. The number of allylic oxidation sites excluding steroid dienone is 1. The van der Waals surface area contributed by atoms with Crippen LogP contribution in [-0.4, -0.2) is 24.3 Å². The second-order valence-corrected chi connectivity index (χ2v) is 16.7. The lowest BCUT2D eigenvalue weighted by Crippen LogP contribution is -2.03. The average Bonchev–Trinajstić information content (AvgIpc) is 3.07. The summed E-state index contributed by atoms with van der Waals surface area (Å²) in [4.78, 5) is 11.0. The fourth-order valence-electron chi connectivity index (χ4n) is 6.47. The van der Waals surface area contributed by atoms with E-state index in [-0.39, 0.29) is 6.42 Å². The Kier molecular flexibility index (Phi) is 37.1. The van der Waals surface area contributed by atoms with Crippen molar-refractivity contribution in [1.82, 2.24) is 0 Å². The van der Waals surface area contributed by atoms with Crippen molar-refractivity contribution in [2.45, 2.75) is 239 Å². The van der Waals surface area contributed by atoms with Gasteiger partial charge in [-0.2, -0.15) is 0 Å². The molecule has 0 saturated carbocycles. The highest BCUT2D eigenvalue weighted by molar-refractivity contribution is 7.58. The van der Waals surface area contributed by atoms with E-state index in [4.69, 9.17) is 14.2 Å². The Morgan fingerprint density at radius 1 is 0.438 bits per heavy atom. The molecule has 0 bridgehead atoms. The van der Waals surface area contributed by atoms with Crippen LogP contribution < -0.4 is 0 Å². The van der Waals surface area contributed by atoms with Gasteiger partial charge in [0.15, 0.2) is 0 Å². The van der Waals surface area contributed by atoms with Gasteiger partial charge in [-0.15, -0.1) is 0 Å². The summed E-state index contributed by atoms with van der Waals surface area (Å²) in [5.74, 6) is -0.846. The van der Waals surface area contributed by atoms with E-state index in [1.165, 1.54) is 180 Å². The third kappa shape index (κ3) is 33.8. The lowest BCUT2D eigenvalue weighted by atomic mass is 10.0. The highest BCUT2D eigenvalue weighted by atomic mass is 31.2. The number of rotatable bonds is 41. The molecular formula is C42H83O5P. The Hall–Kier alpha value is -0.640. The first kappa shape index (κ1) is 47.4. The molecule has 0 fully saturated rings. The van der Waals surface area contributed by atoms with E-state index >= 15 is 0 Å². The van der Waals surface area contributed by atoms with Gasteiger partial charge in [0.05, 0.1) is 13.2 Å². The van der Waals surface area contributed by atoms with E-state index in [0.717, 1.165) is 25.7 Å². The molecule has 0 amide bonds. The summed E-state index contributed by atoms with van der Waals surface area (Å²) in [7, 11) is -3.44. The Bertz CT molecular complexity index is 698. The van der Waals surface area contributed by atoms with E-state index in [0.29, 0.717) is 31.4 Å². The van der Waals surface area contributed by atoms with Crippen LogP contribution in [0.25, 0.3) is 0 Å². The maximum absolute atomic E-state index is 13.6. The van der Waals surface area contributed by atoms with Crippen molar-refractivity contribution < 1.29 is 23.5 Å². The monoisotopic (exact) mass is 699 g/mol. The van der Waals surface area contributed by atoms with Crippen LogP contribution in [0.5, 0.6) is 0 Å². The SMILES string of the molecule is C=C(CCCC(=O)O)P(=O)(OCCCCCCCCCCCCCCCCCC)OCCCCCCCCCCCCCCCCCC. The maximum atomic E-state index is 13.6. The van der Waals surface area contributed by atoms with Gasteiger partial charge in [-0.1, -0.05) is 213 Å². The Labute approximate surface area is 300 Å². The van der Waals surface area contributed by atoms with Gasteiger partial charge in [-0.3, -0.25) is 9.36 Å². The van der Waals surface area contributed by atoms with Crippen LogP contribution >= 0.6 is 7.60 Å². The number of aliphatic carboxylic acids is 1. The number of carboxylic acid groups (broad SMARTS) is 1. The number of carbonyl (C=O) groups is 1. The normalized spacial score (nSPS) is 11.8. The van der Waals surface area contributed by atoms with Crippen molar-refractivity contribution in [3.05, 3.63) is 11.9 Å². The molecule has 0 aromatic heterocycles. The van der Waals surface area contributed by atoms with E-state index in [1.807, 2.05) is 0 Å². The maximum Gasteiger partial charge on any atom is 0.356 e. The summed E-state index contributed by atoms with van der Waals surface area (Å²) < 4.78 is 25.4. The molecule has 0 unspecified atom stereocenters. The molecule has 0 spiro atoms. The van der Waals surface area contributed by atoms with Crippen LogP contribution in [0.15, 0.2) is 11.9 Å². The zero-order valence-electron chi connectivity index (χ0n) is 32.4. The van der Waals surface area contributed by atoms with Crippen molar-refractivity contribution >= 4 is 13.6 Å². The Morgan fingerprint density at radius 3 is 0.938 bits per heavy atom. The molecule has 0 aliphatic carbocycles. The summed E-state index contributed by atoms with van der Waals surface area (Å²) in [5, 5.41) is 9.43. The molecule has 48 heavy (non-hydrogen) atoms. The van der Waals surface area contributed by atoms with Crippen molar-refractivity contribution in [1.29, 1.82) is 0 Å². The second-order valence-electron chi connectivity index (χ2n) is 14.6. The Morgan fingerprint density at radius 2 is 0.688 bits per heavy atom. The molecule has 5 nitrogen and oxygen atoms in total. The molecule has 0 aromatic carbocycles. The quantitative estimate of drug-likeness (QED) is 0.0508. The van der Waals surface area contributed by atoms with Crippen molar-refractivity contribution in [3.63, 3.8) is 0 Å². The molecule has 6 heteroatoms. The van der Waals surface area contributed by atoms with E-state index in [1.54, 1.807) is 0 Å². The van der Waals surface area contributed by atoms with Crippen LogP contribution in [-0.2, 0) is 18.4 Å². The zero-order chi connectivity index (χ0) is 35.2. The van der Waals surface area contributed by atoms with Crippen LogP contribution in [0.4, 0.5) is 0 Å². The minimum absolute atomic E-state index is 0.0390. The first-order valence-corrected chi connectivity index (χ1v) is 22.8. The number of hydrogen-bond donors (Lipinski definition) is 1. The molecule has 0 aliphatic rings. The van der Waals surface area contributed by atoms with Crippen LogP contribution in [0.1, 0.15) is 239 Å². The highest BCUT2D eigenvalue weighted by Crippen LogP contribution is 2.57. The molecule has 0 rings (SSSR count). The smallest absolute Gasteiger partial charge is 0.356 e. The third-order valence-corrected chi connectivity index (χ3v) is 11.8. The average molecular weight is 699 g/mol. The van der Waals surface area contributed by atoms with Gasteiger partial charge < -0.3 is 14.2 Å². The first-order chi connectivity index (χ1) is 23.5. The molecular weight excluding hydrogens is 615 g/mol. The fourth-order valence-corrected chi connectivity index (χ4v) is 8.08. The van der Waals surface area contributed by atoms with Crippen LogP contribution in [0, 0.1) is 0 Å². The molecule has 0 radical (unpaired) electrons.